The first-order chi connectivity index (χ1) is 13.5. The van der Waals surface area contributed by atoms with Crippen LogP contribution in [0.25, 0.3) is 0 Å². The van der Waals surface area contributed by atoms with Gasteiger partial charge in [0, 0.05) is 30.6 Å². The summed E-state index contributed by atoms with van der Waals surface area (Å²) in [6.07, 6.45) is 0.399. The zero-order valence-electron chi connectivity index (χ0n) is 14.9. The van der Waals surface area contributed by atoms with E-state index in [1.807, 2.05) is 0 Å². The molecule has 0 atom stereocenters. The Morgan fingerprint density at radius 3 is 2.71 bits per heavy atom. The number of benzene rings is 2. The monoisotopic (exact) mass is 380 g/mol. The van der Waals surface area contributed by atoms with Gasteiger partial charge in [0.2, 0.25) is 5.91 Å². The first-order valence-corrected chi connectivity index (χ1v) is 8.84. The number of nitrogens with zero attached hydrogens (tertiary/aromatic N) is 2. The number of anilines is 1. The van der Waals surface area contributed by atoms with Crippen LogP contribution in [0.4, 0.5) is 10.1 Å². The molecule has 2 aromatic carbocycles. The molecule has 0 saturated carbocycles. The average molecular weight is 380 g/mol. The van der Waals surface area contributed by atoms with Crippen molar-refractivity contribution < 1.29 is 18.8 Å². The maximum absolute atomic E-state index is 13.0. The summed E-state index contributed by atoms with van der Waals surface area (Å²) >= 11 is 0. The Labute approximate surface area is 160 Å². The van der Waals surface area contributed by atoms with Crippen LogP contribution in [-0.2, 0) is 22.7 Å². The number of fused-ring (bicyclic) bond motifs is 1. The van der Waals surface area contributed by atoms with Crippen molar-refractivity contribution in [2.24, 2.45) is 5.10 Å². The fraction of sp³-hybridized carbons (Fsp3) is 0.200. The van der Waals surface area contributed by atoms with E-state index in [1.54, 1.807) is 30.3 Å². The standard InChI is InChI=1S/C20H17FN4O3/c21-14-4-1-12(2-5-14)11-25-18(26)8-7-17(24-25)20(28)23-15-6-3-13-10-22-19(27)16(13)9-15/h1-6,9H,7-8,10-11H2,(H,22,27)(H,23,28). The second-order valence-corrected chi connectivity index (χ2v) is 6.63. The molecular weight excluding hydrogens is 363 g/mol. The Hall–Kier alpha value is -3.55. The maximum Gasteiger partial charge on any atom is 0.271 e. The largest absolute Gasteiger partial charge is 0.348 e. The van der Waals surface area contributed by atoms with Gasteiger partial charge in [-0.1, -0.05) is 18.2 Å². The average Bonchev–Trinajstić information content (AvgIpc) is 3.06. The third-order valence-corrected chi connectivity index (χ3v) is 4.66. The number of halogens is 1. The highest BCUT2D eigenvalue weighted by Gasteiger charge is 2.25. The van der Waals surface area contributed by atoms with Gasteiger partial charge in [0.05, 0.1) is 6.54 Å². The number of carbonyl (C=O) groups is 3. The lowest BCUT2D eigenvalue weighted by Gasteiger charge is -2.23. The minimum absolute atomic E-state index is 0.162. The maximum atomic E-state index is 13.0. The van der Waals surface area contributed by atoms with Gasteiger partial charge in [-0.2, -0.15) is 5.10 Å². The second kappa shape index (κ2) is 7.22. The number of hydrogen-bond acceptors (Lipinski definition) is 4. The number of hydrazone groups is 1. The Balaban J connectivity index is 1.49. The molecular formula is C20H17FN4O3. The minimum Gasteiger partial charge on any atom is -0.348 e. The van der Waals surface area contributed by atoms with Gasteiger partial charge < -0.3 is 10.6 Å². The fourth-order valence-corrected chi connectivity index (χ4v) is 3.14. The third-order valence-electron chi connectivity index (χ3n) is 4.66. The summed E-state index contributed by atoms with van der Waals surface area (Å²) in [6.45, 7) is 0.643. The zero-order valence-corrected chi connectivity index (χ0v) is 14.9. The summed E-state index contributed by atoms with van der Waals surface area (Å²) in [5.74, 6) is -1.15. The highest BCUT2D eigenvalue weighted by Crippen LogP contribution is 2.21. The summed E-state index contributed by atoms with van der Waals surface area (Å²) in [6, 6.07) is 10.9. The van der Waals surface area contributed by atoms with Crippen LogP contribution in [0, 0.1) is 5.82 Å². The van der Waals surface area contributed by atoms with Crippen molar-refractivity contribution in [1.82, 2.24) is 10.3 Å². The quantitative estimate of drug-likeness (QED) is 0.852. The van der Waals surface area contributed by atoms with Gasteiger partial charge in [0.25, 0.3) is 11.8 Å². The van der Waals surface area contributed by atoms with Crippen molar-refractivity contribution in [2.45, 2.75) is 25.9 Å². The van der Waals surface area contributed by atoms with Gasteiger partial charge in [-0.05, 0) is 35.4 Å². The number of rotatable bonds is 4. The van der Waals surface area contributed by atoms with E-state index in [9.17, 15) is 18.8 Å². The molecule has 2 aliphatic rings. The lowest BCUT2D eigenvalue weighted by molar-refractivity contribution is -0.132. The molecule has 3 amide bonds. The van der Waals surface area contributed by atoms with E-state index in [0.717, 1.165) is 5.56 Å². The van der Waals surface area contributed by atoms with E-state index in [1.165, 1.54) is 17.1 Å². The van der Waals surface area contributed by atoms with E-state index in [2.05, 4.69) is 15.7 Å². The Kier molecular flexibility index (Phi) is 4.60. The van der Waals surface area contributed by atoms with Crippen molar-refractivity contribution >= 4 is 29.1 Å². The van der Waals surface area contributed by atoms with Crippen LogP contribution >= 0.6 is 0 Å². The Morgan fingerprint density at radius 1 is 1.14 bits per heavy atom. The summed E-state index contributed by atoms with van der Waals surface area (Å²) < 4.78 is 13.0. The molecule has 142 valence electrons. The SMILES string of the molecule is O=C(Nc1ccc2c(c1)C(=O)NC2)C1=NN(Cc2ccc(F)cc2)C(=O)CC1. The highest BCUT2D eigenvalue weighted by atomic mass is 19.1. The molecule has 0 spiro atoms. The van der Waals surface area contributed by atoms with E-state index in [0.29, 0.717) is 23.4 Å². The molecule has 0 aliphatic carbocycles. The van der Waals surface area contributed by atoms with Gasteiger partial charge in [0.15, 0.2) is 0 Å². The number of amides is 3. The summed E-state index contributed by atoms with van der Waals surface area (Å²) in [7, 11) is 0. The first-order valence-electron chi connectivity index (χ1n) is 8.84. The topological polar surface area (TPSA) is 90.9 Å². The Bertz CT molecular complexity index is 1000. The molecule has 0 radical (unpaired) electrons. The van der Waals surface area contributed by atoms with Gasteiger partial charge in [0.1, 0.15) is 11.5 Å². The van der Waals surface area contributed by atoms with Crippen LogP contribution in [0.15, 0.2) is 47.6 Å². The predicted octanol–water partition coefficient (Wildman–Crippen LogP) is 2.19. The molecule has 0 bridgehead atoms. The summed E-state index contributed by atoms with van der Waals surface area (Å²) in [5, 5.41) is 10.9. The zero-order chi connectivity index (χ0) is 19.7. The lowest BCUT2D eigenvalue weighted by Crippen LogP contribution is -2.36. The molecule has 0 aromatic heterocycles. The molecule has 2 heterocycles. The molecule has 2 aromatic rings. The van der Waals surface area contributed by atoms with Crippen LogP contribution in [0.3, 0.4) is 0 Å². The van der Waals surface area contributed by atoms with Crippen molar-refractivity contribution in [3.63, 3.8) is 0 Å². The molecule has 8 heteroatoms. The second-order valence-electron chi connectivity index (χ2n) is 6.63. The third kappa shape index (κ3) is 3.62. The molecule has 0 unspecified atom stereocenters. The molecule has 0 saturated heterocycles. The summed E-state index contributed by atoms with van der Waals surface area (Å²) in [5.41, 5.74) is 2.85. The highest BCUT2D eigenvalue weighted by molar-refractivity contribution is 6.43. The van der Waals surface area contributed by atoms with Crippen LogP contribution in [0.1, 0.15) is 34.3 Å². The predicted molar refractivity (Wildman–Crippen MR) is 99.9 cm³/mol. The van der Waals surface area contributed by atoms with Crippen molar-refractivity contribution in [2.75, 3.05) is 5.32 Å². The van der Waals surface area contributed by atoms with Crippen molar-refractivity contribution in [3.05, 3.63) is 65.0 Å². The number of nitrogens with one attached hydrogen (secondary N) is 2. The van der Waals surface area contributed by atoms with E-state index in [4.69, 9.17) is 0 Å². The lowest BCUT2D eigenvalue weighted by atomic mass is 10.1. The number of hydrogen-bond donors (Lipinski definition) is 2. The van der Waals surface area contributed by atoms with E-state index < -0.39 is 5.91 Å². The van der Waals surface area contributed by atoms with Crippen molar-refractivity contribution in [1.29, 1.82) is 0 Å². The van der Waals surface area contributed by atoms with Gasteiger partial charge in [-0.15, -0.1) is 0 Å². The number of carbonyl (C=O) groups excluding carboxylic acids is 3. The van der Waals surface area contributed by atoms with E-state index in [-0.39, 0.29) is 42.7 Å². The molecule has 2 aliphatic heterocycles. The van der Waals surface area contributed by atoms with Gasteiger partial charge in [-0.3, -0.25) is 14.4 Å². The van der Waals surface area contributed by atoms with Gasteiger partial charge in [-0.25, -0.2) is 9.40 Å². The molecule has 2 N–H and O–H groups in total. The molecule has 0 fully saturated rings. The smallest absolute Gasteiger partial charge is 0.271 e. The van der Waals surface area contributed by atoms with Crippen LogP contribution < -0.4 is 10.6 Å². The first kappa shape index (κ1) is 17.8. The Morgan fingerprint density at radius 2 is 1.93 bits per heavy atom. The molecule has 28 heavy (non-hydrogen) atoms. The molecule has 4 rings (SSSR count). The fourth-order valence-electron chi connectivity index (χ4n) is 3.14. The van der Waals surface area contributed by atoms with Crippen molar-refractivity contribution in [3.8, 4) is 0 Å². The van der Waals surface area contributed by atoms with Crippen LogP contribution in [0.5, 0.6) is 0 Å². The molecule has 7 nitrogen and oxygen atoms in total. The summed E-state index contributed by atoms with van der Waals surface area (Å²) in [4.78, 5) is 36.5. The van der Waals surface area contributed by atoms with Gasteiger partial charge >= 0.3 is 0 Å². The van der Waals surface area contributed by atoms with Crippen LogP contribution in [-0.4, -0.2) is 28.4 Å². The van der Waals surface area contributed by atoms with Crippen LogP contribution in [0.2, 0.25) is 0 Å². The normalized spacial score (nSPS) is 15.8. The minimum atomic E-state index is -0.421. The van der Waals surface area contributed by atoms with E-state index >= 15 is 0 Å².